The van der Waals surface area contributed by atoms with Gasteiger partial charge in [0, 0.05) is 16.5 Å². The number of rotatable bonds is 2. The maximum Gasteiger partial charge on any atom is 0.0940 e. The number of hydrogen-bond donors (Lipinski definition) is 1. The molecule has 0 saturated carbocycles. The summed E-state index contributed by atoms with van der Waals surface area (Å²) in [5.41, 5.74) is 6.93. The summed E-state index contributed by atoms with van der Waals surface area (Å²) >= 11 is 12.0. The minimum absolute atomic E-state index is 0.260. The quantitative estimate of drug-likeness (QED) is 0.872. The first-order chi connectivity index (χ1) is 8.15. The lowest BCUT2D eigenvalue weighted by atomic mass is 10.0. The lowest BCUT2D eigenvalue weighted by Gasteiger charge is -2.12. The summed E-state index contributed by atoms with van der Waals surface area (Å²) < 4.78 is 0. The Morgan fingerprint density at radius 1 is 1.29 bits per heavy atom. The predicted molar refractivity (Wildman–Crippen MR) is 74.0 cm³/mol. The number of nitrogens with zero attached hydrogens (tertiary/aromatic N) is 1. The van der Waals surface area contributed by atoms with Crippen LogP contribution in [0.4, 0.5) is 0 Å². The molecule has 0 bridgehead atoms. The van der Waals surface area contributed by atoms with Crippen molar-refractivity contribution < 1.29 is 0 Å². The highest BCUT2D eigenvalue weighted by Crippen LogP contribution is 2.24. The molecule has 1 heterocycles. The molecular weight excluding hydrogens is 255 g/mol. The van der Waals surface area contributed by atoms with Crippen molar-refractivity contribution in [1.29, 1.82) is 0 Å². The molecule has 17 heavy (non-hydrogen) atoms. The lowest BCUT2D eigenvalue weighted by molar-refractivity contribution is 0.588. The van der Waals surface area contributed by atoms with Gasteiger partial charge in [-0.3, -0.25) is 4.99 Å². The van der Waals surface area contributed by atoms with Gasteiger partial charge in [0.05, 0.1) is 11.9 Å². The van der Waals surface area contributed by atoms with E-state index >= 15 is 0 Å². The molecular formula is C13H16Cl2N2. The van der Waals surface area contributed by atoms with Crippen molar-refractivity contribution >= 4 is 29.0 Å². The molecule has 1 aromatic rings. The number of hydrogen-bond acceptors (Lipinski definition) is 2. The molecule has 1 aliphatic rings. The average Bonchev–Trinajstić information content (AvgIpc) is 2.47. The fourth-order valence-corrected chi connectivity index (χ4v) is 2.62. The van der Waals surface area contributed by atoms with E-state index in [9.17, 15) is 0 Å². The summed E-state index contributed by atoms with van der Waals surface area (Å²) in [5.74, 6) is 0.776. The van der Waals surface area contributed by atoms with Crippen LogP contribution in [-0.4, -0.2) is 11.9 Å². The molecule has 2 rings (SSSR count). The van der Waals surface area contributed by atoms with E-state index in [1.807, 2.05) is 12.1 Å². The van der Waals surface area contributed by atoms with E-state index in [0.29, 0.717) is 5.02 Å². The van der Waals surface area contributed by atoms with Crippen LogP contribution in [0.3, 0.4) is 0 Å². The molecule has 0 saturated heterocycles. The van der Waals surface area contributed by atoms with Crippen LogP contribution in [0.2, 0.25) is 10.0 Å². The van der Waals surface area contributed by atoms with Crippen LogP contribution in [0.25, 0.3) is 0 Å². The van der Waals surface area contributed by atoms with Crippen LogP contribution in [0.15, 0.2) is 23.2 Å². The number of halogens is 2. The van der Waals surface area contributed by atoms with Gasteiger partial charge >= 0.3 is 0 Å². The van der Waals surface area contributed by atoms with Crippen LogP contribution in [0.1, 0.15) is 31.2 Å². The van der Waals surface area contributed by atoms with E-state index in [0.717, 1.165) is 42.1 Å². The first kappa shape index (κ1) is 12.7. The van der Waals surface area contributed by atoms with E-state index < -0.39 is 0 Å². The van der Waals surface area contributed by atoms with Crippen molar-refractivity contribution in [1.82, 2.24) is 0 Å². The SMILES string of the molecule is NC1=NC(Cc2ccc(Cl)cc2Cl)CCCC1. The summed E-state index contributed by atoms with van der Waals surface area (Å²) in [7, 11) is 0. The molecule has 0 spiro atoms. The summed E-state index contributed by atoms with van der Waals surface area (Å²) in [6.07, 6.45) is 5.17. The molecule has 2 nitrogen and oxygen atoms in total. The van der Waals surface area contributed by atoms with Gasteiger partial charge in [-0.05, 0) is 37.0 Å². The van der Waals surface area contributed by atoms with Gasteiger partial charge in [0.2, 0.25) is 0 Å². The average molecular weight is 271 g/mol. The molecule has 92 valence electrons. The molecule has 4 heteroatoms. The highest BCUT2D eigenvalue weighted by atomic mass is 35.5. The van der Waals surface area contributed by atoms with Gasteiger partial charge in [-0.2, -0.15) is 0 Å². The van der Waals surface area contributed by atoms with Gasteiger partial charge < -0.3 is 5.73 Å². The van der Waals surface area contributed by atoms with Crippen molar-refractivity contribution in [2.45, 2.75) is 38.1 Å². The highest BCUT2D eigenvalue weighted by molar-refractivity contribution is 6.35. The zero-order chi connectivity index (χ0) is 12.3. The number of amidine groups is 1. The smallest absolute Gasteiger partial charge is 0.0940 e. The molecule has 1 aromatic carbocycles. The van der Waals surface area contributed by atoms with Crippen LogP contribution < -0.4 is 5.73 Å². The van der Waals surface area contributed by atoms with Crippen LogP contribution in [0.5, 0.6) is 0 Å². The second-order valence-corrected chi connectivity index (χ2v) is 5.30. The third-order valence-electron chi connectivity index (χ3n) is 3.04. The van der Waals surface area contributed by atoms with Gasteiger partial charge in [0.15, 0.2) is 0 Å². The van der Waals surface area contributed by atoms with Crippen molar-refractivity contribution in [3.05, 3.63) is 33.8 Å². The third kappa shape index (κ3) is 3.62. The molecule has 0 aliphatic carbocycles. The number of benzene rings is 1. The van der Waals surface area contributed by atoms with Crippen LogP contribution in [0, 0.1) is 0 Å². The molecule has 0 fully saturated rings. The second-order valence-electron chi connectivity index (χ2n) is 4.46. The largest absolute Gasteiger partial charge is 0.387 e. The molecule has 0 aromatic heterocycles. The zero-order valence-electron chi connectivity index (χ0n) is 9.63. The van der Waals surface area contributed by atoms with Crippen LogP contribution >= 0.6 is 23.2 Å². The minimum Gasteiger partial charge on any atom is -0.387 e. The van der Waals surface area contributed by atoms with Crippen molar-refractivity contribution in [3.63, 3.8) is 0 Å². The Morgan fingerprint density at radius 3 is 2.88 bits per heavy atom. The van der Waals surface area contributed by atoms with Crippen molar-refractivity contribution in [2.24, 2.45) is 10.7 Å². The standard InChI is InChI=1S/C13H16Cl2N2/c14-10-6-5-9(12(15)8-10)7-11-3-1-2-4-13(16)17-11/h5-6,8,11H,1-4,7H2,(H2,16,17). The fraction of sp³-hybridized carbons (Fsp3) is 0.462. The summed E-state index contributed by atoms with van der Waals surface area (Å²) in [4.78, 5) is 4.54. The second kappa shape index (κ2) is 5.74. The molecule has 0 radical (unpaired) electrons. The van der Waals surface area contributed by atoms with E-state index in [4.69, 9.17) is 28.9 Å². The monoisotopic (exact) mass is 270 g/mol. The molecule has 1 atom stereocenters. The fourth-order valence-electron chi connectivity index (χ4n) is 2.14. The Kier molecular flexibility index (Phi) is 4.30. The van der Waals surface area contributed by atoms with E-state index in [-0.39, 0.29) is 6.04 Å². The zero-order valence-corrected chi connectivity index (χ0v) is 11.1. The third-order valence-corrected chi connectivity index (χ3v) is 3.63. The summed E-state index contributed by atoms with van der Waals surface area (Å²) in [5, 5.41) is 1.39. The Hall–Kier alpha value is -0.730. The van der Waals surface area contributed by atoms with Gasteiger partial charge in [-0.25, -0.2) is 0 Å². The van der Waals surface area contributed by atoms with Gasteiger partial charge in [0.25, 0.3) is 0 Å². The minimum atomic E-state index is 0.260. The van der Waals surface area contributed by atoms with E-state index in [1.54, 1.807) is 6.07 Å². The van der Waals surface area contributed by atoms with Gasteiger partial charge in [-0.1, -0.05) is 35.7 Å². The molecule has 2 N–H and O–H groups in total. The molecule has 0 amide bonds. The van der Waals surface area contributed by atoms with Gasteiger partial charge in [0.1, 0.15) is 0 Å². The summed E-state index contributed by atoms with van der Waals surface area (Å²) in [6, 6.07) is 5.88. The molecule has 1 unspecified atom stereocenters. The molecule has 1 aliphatic heterocycles. The first-order valence-electron chi connectivity index (χ1n) is 5.91. The summed E-state index contributed by atoms with van der Waals surface area (Å²) in [6.45, 7) is 0. The van der Waals surface area contributed by atoms with E-state index in [2.05, 4.69) is 4.99 Å². The van der Waals surface area contributed by atoms with Gasteiger partial charge in [-0.15, -0.1) is 0 Å². The Balaban J connectivity index is 2.11. The Bertz CT molecular complexity index is 429. The maximum absolute atomic E-state index is 6.16. The highest BCUT2D eigenvalue weighted by Gasteiger charge is 2.14. The number of nitrogens with two attached hydrogens (primary N) is 1. The predicted octanol–water partition coefficient (Wildman–Crippen LogP) is 3.84. The lowest BCUT2D eigenvalue weighted by Crippen LogP contribution is -2.15. The Labute approximate surface area is 112 Å². The number of aliphatic imine (C=N–C) groups is 1. The topological polar surface area (TPSA) is 38.4 Å². The Morgan fingerprint density at radius 2 is 2.12 bits per heavy atom. The normalized spacial score (nSPS) is 20.8. The van der Waals surface area contributed by atoms with E-state index in [1.165, 1.54) is 6.42 Å². The van der Waals surface area contributed by atoms with Crippen molar-refractivity contribution in [3.8, 4) is 0 Å². The first-order valence-corrected chi connectivity index (χ1v) is 6.67. The maximum atomic E-state index is 6.16. The van der Waals surface area contributed by atoms with Crippen LogP contribution in [-0.2, 0) is 6.42 Å². The van der Waals surface area contributed by atoms with Crippen molar-refractivity contribution in [2.75, 3.05) is 0 Å².